The fourth-order valence-corrected chi connectivity index (χ4v) is 4.43. The minimum atomic E-state index is 0.804. The molecule has 1 nitrogen and oxygen atoms in total. The molecular weight excluding hydrogens is 198 g/mol. The second-order valence-corrected chi connectivity index (χ2v) is 6.73. The van der Waals surface area contributed by atoms with Crippen molar-refractivity contribution in [3.05, 3.63) is 0 Å². The third-order valence-electron chi connectivity index (χ3n) is 3.05. The van der Waals surface area contributed by atoms with Crippen molar-refractivity contribution in [3.63, 3.8) is 0 Å². The van der Waals surface area contributed by atoms with E-state index in [9.17, 15) is 0 Å². The largest absolute Gasteiger partial charge is 0.310 e. The minimum absolute atomic E-state index is 0.804. The van der Waals surface area contributed by atoms with Gasteiger partial charge in [0.2, 0.25) is 0 Å². The molecule has 2 heterocycles. The molecule has 0 aromatic rings. The summed E-state index contributed by atoms with van der Waals surface area (Å²) in [6.45, 7) is 2.37. The second kappa shape index (κ2) is 4.94. The van der Waals surface area contributed by atoms with Gasteiger partial charge in [0.25, 0.3) is 0 Å². The van der Waals surface area contributed by atoms with Crippen LogP contribution in [0.15, 0.2) is 0 Å². The van der Waals surface area contributed by atoms with Gasteiger partial charge in [-0.1, -0.05) is 6.92 Å². The van der Waals surface area contributed by atoms with E-state index in [0.29, 0.717) is 0 Å². The van der Waals surface area contributed by atoms with E-state index in [1.807, 2.05) is 0 Å². The van der Waals surface area contributed by atoms with E-state index < -0.39 is 0 Å². The predicted molar refractivity (Wildman–Crippen MR) is 63.8 cm³/mol. The summed E-state index contributed by atoms with van der Waals surface area (Å²) in [7, 11) is 0. The molecule has 76 valence electrons. The molecule has 2 atom stereocenters. The summed E-state index contributed by atoms with van der Waals surface area (Å²) in [5, 5.41) is 4.68. The van der Waals surface area contributed by atoms with E-state index in [1.165, 1.54) is 36.5 Å². The smallest absolute Gasteiger partial charge is 0.0194 e. The maximum atomic E-state index is 3.83. The third-order valence-corrected chi connectivity index (χ3v) is 5.42. The molecule has 0 amide bonds. The Kier molecular flexibility index (Phi) is 3.87. The van der Waals surface area contributed by atoms with E-state index in [-0.39, 0.29) is 0 Å². The standard InChI is InChI=1S/C10H19NS2/c1-8-10(4-7-13-8)11-9-2-5-12-6-3-9/h8-11H,2-7H2,1H3. The molecular formula is C10H19NS2. The highest BCUT2D eigenvalue weighted by Crippen LogP contribution is 2.28. The zero-order chi connectivity index (χ0) is 9.10. The van der Waals surface area contributed by atoms with Gasteiger partial charge >= 0.3 is 0 Å². The van der Waals surface area contributed by atoms with Crippen LogP contribution in [0.2, 0.25) is 0 Å². The minimum Gasteiger partial charge on any atom is -0.310 e. The molecule has 2 fully saturated rings. The Labute approximate surface area is 89.8 Å². The first-order valence-corrected chi connectivity index (χ1v) is 7.52. The van der Waals surface area contributed by atoms with Gasteiger partial charge in [-0.05, 0) is 36.5 Å². The Morgan fingerprint density at radius 3 is 2.46 bits per heavy atom. The van der Waals surface area contributed by atoms with Crippen molar-refractivity contribution >= 4 is 23.5 Å². The SMILES string of the molecule is CC1SCCC1NC1CCSCC1. The molecule has 0 bridgehead atoms. The van der Waals surface area contributed by atoms with Crippen LogP contribution in [0, 0.1) is 0 Å². The van der Waals surface area contributed by atoms with Gasteiger partial charge in [-0.25, -0.2) is 0 Å². The van der Waals surface area contributed by atoms with Crippen molar-refractivity contribution in [1.82, 2.24) is 5.32 Å². The Bertz CT molecular complexity index is 157. The van der Waals surface area contributed by atoms with Gasteiger partial charge in [-0.15, -0.1) is 0 Å². The quantitative estimate of drug-likeness (QED) is 0.763. The van der Waals surface area contributed by atoms with Crippen LogP contribution in [0.4, 0.5) is 0 Å². The highest BCUT2D eigenvalue weighted by atomic mass is 32.2. The van der Waals surface area contributed by atoms with Crippen LogP contribution in [0.25, 0.3) is 0 Å². The Balaban J connectivity index is 1.75. The number of hydrogen-bond donors (Lipinski definition) is 1. The molecule has 0 saturated carbocycles. The van der Waals surface area contributed by atoms with Gasteiger partial charge in [0, 0.05) is 17.3 Å². The first-order valence-electron chi connectivity index (χ1n) is 5.31. The first kappa shape index (κ1) is 10.2. The Morgan fingerprint density at radius 1 is 1.08 bits per heavy atom. The molecule has 1 N–H and O–H groups in total. The lowest BCUT2D eigenvalue weighted by molar-refractivity contribution is 0.405. The van der Waals surface area contributed by atoms with Crippen molar-refractivity contribution in [2.24, 2.45) is 0 Å². The van der Waals surface area contributed by atoms with Crippen molar-refractivity contribution in [1.29, 1.82) is 0 Å². The maximum absolute atomic E-state index is 3.83. The lowest BCUT2D eigenvalue weighted by Gasteiger charge is -2.27. The lowest BCUT2D eigenvalue weighted by Crippen LogP contribution is -2.42. The van der Waals surface area contributed by atoms with Crippen molar-refractivity contribution < 1.29 is 0 Å². The molecule has 0 spiro atoms. The van der Waals surface area contributed by atoms with Crippen LogP contribution in [0.1, 0.15) is 26.2 Å². The molecule has 2 saturated heterocycles. The first-order chi connectivity index (χ1) is 6.36. The number of rotatable bonds is 2. The topological polar surface area (TPSA) is 12.0 Å². The lowest BCUT2D eigenvalue weighted by atomic mass is 10.1. The maximum Gasteiger partial charge on any atom is 0.0194 e. The van der Waals surface area contributed by atoms with Gasteiger partial charge < -0.3 is 5.32 Å². The summed E-state index contributed by atoms with van der Waals surface area (Å²) < 4.78 is 0. The molecule has 0 aromatic heterocycles. The third kappa shape index (κ3) is 2.80. The van der Waals surface area contributed by atoms with Gasteiger partial charge in [0.15, 0.2) is 0 Å². The van der Waals surface area contributed by atoms with Gasteiger partial charge in [-0.2, -0.15) is 23.5 Å². The van der Waals surface area contributed by atoms with E-state index in [2.05, 4.69) is 35.8 Å². The molecule has 3 heteroatoms. The normalized spacial score (nSPS) is 36.7. The molecule has 0 radical (unpaired) electrons. The molecule has 2 aliphatic rings. The van der Waals surface area contributed by atoms with E-state index >= 15 is 0 Å². The summed E-state index contributed by atoms with van der Waals surface area (Å²) in [5.74, 6) is 4.10. The molecule has 13 heavy (non-hydrogen) atoms. The van der Waals surface area contributed by atoms with Gasteiger partial charge in [-0.3, -0.25) is 0 Å². The van der Waals surface area contributed by atoms with E-state index in [4.69, 9.17) is 0 Å². The second-order valence-electron chi connectivity index (χ2n) is 4.02. The van der Waals surface area contributed by atoms with Crippen LogP contribution in [0.3, 0.4) is 0 Å². The molecule has 2 rings (SSSR count). The summed E-state index contributed by atoms with van der Waals surface area (Å²) in [4.78, 5) is 0. The van der Waals surface area contributed by atoms with Crippen LogP contribution in [-0.2, 0) is 0 Å². The monoisotopic (exact) mass is 217 g/mol. The zero-order valence-electron chi connectivity index (χ0n) is 8.29. The van der Waals surface area contributed by atoms with Crippen LogP contribution >= 0.6 is 23.5 Å². The molecule has 2 aliphatic heterocycles. The molecule has 2 unspecified atom stereocenters. The average molecular weight is 217 g/mol. The van der Waals surface area contributed by atoms with Crippen LogP contribution in [-0.4, -0.2) is 34.6 Å². The number of nitrogens with one attached hydrogen (secondary N) is 1. The number of thioether (sulfide) groups is 2. The van der Waals surface area contributed by atoms with Gasteiger partial charge in [0.1, 0.15) is 0 Å². The van der Waals surface area contributed by atoms with Crippen molar-refractivity contribution in [3.8, 4) is 0 Å². The number of hydrogen-bond acceptors (Lipinski definition) is 3. The van der Waals surface area contributed by atoms with E-state index in [0.717, 1.165) is 17.3 Å². The summed E-state index contributed by atoms with van der Waals surface area (Å²) in [6, 6.07) is 1.63. The summed E-state index contributed by atoms with van der Waals surface area (Å²) in [5.41, 5.74) is 0. The highest BCUT2D eigenvalue weighted by molar-refractivity contribution is 8.00. The predicted octanol–water partition coefficient (Wildman–Crippen LogP) is 2.37. The average Bonchev–Trinajstić information content (AvgIpc) is 2.54. The highest BCUT2D eigenvalue weighted by Gasteiger charge is 2.26. The Morgan fingerprint density at radius 2 is 1.85 bits per heavy atom. The van der Waals surface area contributed by atoms with Crippen molar-refractivity contribution in [2.45, 2.75) is 43.5 Å². The van der Waals surface area contributed by atoms with E-state index in [1.54, 1.807) is 0 Å². The molecule has 0 aliphatic carbocycles. The van der Waals surface area contributed by atoms with Crippen LogP contribution < -0.4 is 5.32 Å². The van der Waals surface area contributed by atoms with Crippen molar-refractivity contribution in [2.75, 3.05) is 17.3 Å². The molecule has 0 aromatic carbocycles. The summed E-state index contributed by atoms with van der Waals surface area (Å²) >= 11 is 4.24. The van der Waals surface area contributed by atoms with Crippen LogP contribution in [0.5, 0.6) is 0 Å². The fraction of sp³-hybridized carbons (Fsp3) is 1.00. The zero-order valence-corrected chi connectivity index (χ0v) is 9.92. The fourth-order valence-electron chi connectivity index (χ4n) is 2.12. The Hall–Kier alpha value is 0.660. The summed E-state index contributed by atoms with van der Waals surface area (Å²) in [6.07, 6.45) is 4.16. The van der Waals surface area contributed by atoms with Gasteiger partial charge in [0.05, 0.1) is 0 Å².